The Bertz CT molecular complexity index is 924. The van der Waals surface area contributed by atoms with Gasteiger partial charge in [0.15, 0.2) is 0 Å². The van der Waals surface area contributed by atoms with Gasteiger partial charge in [0.2, 0.25) is 23.6 Å². The van der Waals surface area contributed by atoms with Crippen LogP contribution in [0.3, 0.4) is 0 Å². The van der Waals surface area contributed by atoms with Gasteiger partial charge in [-0.1, -0.05) is 50.6 Å². The number of nitrogens with one attached hydrogen (secondary N) is 2. The first kappa shape index (κ1) is 27.8. The van der Waals surface area contributed by atoms with E-state index in [9.17, 15) is 29.1 Å². The second-order valence-corrected chi connectivity index (χ2v) is 8.93. The summed E-state index contributed by atoms with van der Waals surface area (Å²) >= 11 is 0. The molecule has 1 fully saturated rings. The Balaban J connectivity index is 2.25. The lowest BCUT2D eigenvalue weighted by Gasteiger charge is -2.31. The Labute approximate surface area is 204 Å². The smallest absolute Gasteiger partial charge is 0.326 e. The van der Waals surface area contributed by atoms with Crippen LogP contribution in [0.4, 0.5) is 0 Å². The molecule has 192 valence electrons. The number of amides is 4. The zero-order chi connectivity index (χ0) is 26.1. The van der Waals surface area contributed by atoms with Gasteiger partial charge in [0.05, 0.1) is 12.5 Å². The summed E-state index contributed by atoms with van der Waals surface area (Å²) in [6, 6.07) is 4.74. The van der Waals surface area contributed by atoms with Crippen LogP contribution < -0.4 is 22.1 Å². The summed E-state index contributed by atoms with van der Waals surface area (Å²) in [5.41, 5.74) is 11.6. The fourth-order valence-electron chi connectivity index (χ4n) is 4.05. The number of carboxylic acid groups (broad SMARTS) is 1. The third-order valence-electron chi connectivity index (χ3n) is 6.27. The van der Waals surface area contributed by atoms with Gasteiger partial charge in [0, 0.05) is 13.0 Å². The molecule has 0 radical (unpaired) electrons. The summed E-state index contributed by atoms with van der Waals surface area (Å²) in [7, 11) is 0. The lowest BCUT2D eigenvalue weighted by molar-refractivity contribution is -0.150. The molecule has 7 N–H and O–H groups in total. The number of hydrogen-bond acceptors (Lipinski definition) is 6. The van der Waals surface area contributed by atoms with E-state index in [-0.39, 0.29) is 18.8 Å². The Morgan fingerprint density at radius 3 is 2.34 bits per heavy atom. The number of primary amides is 1. The lowest BCUT2D eigenvalue weighted by atomic mass is 9.96. The van der Waals surface area contributed by atoms with Gasteiger partial charge in [-0.25, -0.2) is 4.79 Å². The van der Waals surface area contributed by atoms with Gasteiger partial charge in [-0.15, -0.1) is 0 Å². The number of carbonyl (C=O) groups excluding carboxylic acids is 4. The maximum Gasteiger partial charge on any atom is 0.326 e. The second kappa shape index (κ2) is 12.8. The van der Waals surface area contributed by atoms with Crippen LogP contribution in [0.15, 0.2) is 30.3 Å². The van der Waals surface area contributed by atoms with Gasteiger partial charge in [-0.05, 0) is 24.3 Å². The highest BCUT2D eigenvalue weighted by Crippen LogP contribution is 2.21. The molecular weight excluding hydrogens is 454 g/mol. The maximum atomic E-state index is 13.3. The van der Waals surface area contributed by atoms with Crippen molar-refractivity contribution in [1.29, 1.82) is 0 Å². The highest BCUT2D eigenvalue weighted by molar-refractivity contribution is 5.95. The fraction of sp³-hybridized carbons (Fsp3) is 0.542. The SMILES string of the molecule is CCC(C)C(NC(=O)C(Cc1ccccc1)NC(=O)C(N)CC(N)=O)C(=O)N1CCCC1C(=O)O. The van der Waals surface area contributed by atoms with Crippen LogP contribution in [0.2, 0.25) is 0 Å². The van der Waals surface area contributed by atoms with Crippen molar-refractivity contribution in [1.82, 2.24) is 15.5 Å². The first-order valence-corrected chi connectivity index (χ1v) is 11.8. The molecule has 0 spiro atoms. The number of carbonyl (C=O) groups is 5. The average Bonchev–Trinajstić information content (AvgIpc) is 3.31. The Kier molecular flexibility index (Phi) is 10.2. The Morgan fingerprint density at radius 1 is 1.11 bits per heavy atom. The van der Waals surface area contributed by atoms with E-state index >= 15 is 0 Å². The van der Waals surface area contributed by atoms with Crippen molar-refractivity contribution in [3.05, 3.63) is 35.9 Å². The summed E-state index contributed by atoms with van der Waals surface area (Å²) in [4.78, 5) is 63.3. The van der Waals surface area contributed by atoms with E-state index in [0.29, 0.717) is 25.8 Å². The molecule has 0 saturated carbocycles. The molecule has 0 aromatic heterocycles. The summed E-state index contributed by atoms with van der Waals surface area (Å²) in [5.74, 6) is -3.92. The van der Waals surface area contributed by atoms with Gasteiger partial charge < -0.3 is 32.1 Å². The molecule has 0 bridgehead atoms. The highest BCUT2D eigenvalue weighted by Gasteiger charge is 2.40. The van der Waals surface area contributed by atoms with Gasteiger partial charge >= 0.3 is 5.97 Å². The summed E-state index contributed by atoms with van der Waals surface area (Å²) < 4.78 is 0. The fourth-order valence-corrected chi connectivity index (χ4v) is 4.05. The molecule has 1 aliphatic rings. The molecule has 1 saturated heterocycles. The Hall–Kier alpha value is -3.47. The zero-order valence-corrected chi connectivity index (χ0v) is 20.1. The molecule has 1 aliphatic heterocycles. The quantitative estimate of drug-likeness (QED) is 0.262. The molecule has 1 heterocycles. The van der Waals surface area contributed by atoms with Crippen molar-refractivity contribution in [2.75, 3.05) is 6.54 Å². The number of benzene rings is 1. The number of likely N-dealkylation sites (tertiary alicyclic amines) is 1. The van der Waals surface area contributed by atoms with E-state index in [4.69, 9.17) is 11.5 Å². The minimum absolute atomic E-state index is 0.116. The van der Waals surface area contributed by atoms with Gasteiger partial charge in [-0.3, -0.25) is 19.2 Å². The van der Waals surface area contributed by atoms with Crippen LogP contribution in [0.25, 0.3) is 0 Å². The topological polar surface area (TPSA) is 185 Å². The predicted molar refractivity (Wildman–Crippen MR) is 128 cm³/mol. The second-order valence-electron chi connectivity index (χ2n) is 8.93. The zero-order valence-electron chi connectivity index (χ0n) is 20.1. The van der Waals surface area contributed by atoms with Gasteiger partial charge in [-0.2, -0.15) is 0 Å². The maximum absolute atomic E-state index is 13.3. The van der Waals surface area contributed by atoms with E-state index in [1.54, 1.807) is 31.2 Å². The molecule has 5 unspecified atom stereocenters. The highest BCUT2D eigenvalue weighted by atomic mass is 16.4. The van der Waals surface area contributed by atoms with Crippen molar-refractivity contribution in [2.45, 2.75) is 70.1 Å². The normalized spacial score (nSPS) is 18.7. The molecular formula is C24H35N5O6. The Morgan fingerprint density at radius 2 is 1.77 bits per heavy atom. The van der Waals surface area contributed by atoms with Crippen LogP contribution >= 0.6 is 0 Å². The number of hydrogen-bond donors (Lipinski definition) is 5. The summed E-state index contributed by atoms with van der Waals surface area (Å²) in [6.45, 7) is 3.95. The van der Waals surface area contributed by atoms with E-state index in [2.05, 4.69) is 10.6 Å². The molecule has 35 heavy (non-hydrogen) atoms. The van der Waals surface area contributed by atoms with Crippen LogP contribution in [-0.2, 0) is 30.4 Å². The molecule has 1 aromatic rings. The number of aliphatic carboxylic acids is 1. The molecule has 11 heteroatoms. The van der Waals surface area contributed by atoms with E-state index < -0.39 is 53.8 Å². The molecule has 0 aliphatic carbocycles. The molecule has 11 nitrogen and oxygen atoms in total. The number of nitrogens with two attached hydrogens (primary N) is 2. The lowest BCUT2D eigenvalue weighted by Crippen LogP contribution is -2.59. The molecule has 2 rings (SSSR count). The van der Waals surface area contributed by atoms with Crippen LogP contribution in [-0.4, -0.2) is 70.3 Å². The number of rotatable bonds is 12. The number of nitrogens with zero attached hydrogens (tertiary/aromatic N) is 1. The van der Waals surface area contributed by atoms with Crippen LogP contribution in [0.1, 0.15) is 45.1 Å². The van der Waals surface area contributed by atoms with E-state index in [1.807, 2.05) is 13.0 Å². The molecule has 4 amide bonds. The van der Waals surface area contributed by atoms with Crippen molar-refractivity contribution >= 4 is 29.6 Å². The van der Waals surface area contributed by atoms with E-state index in [0.717, 1.165) is 5.56 Å². The molecule has 5 atom stereocenters. The van der Waals surface area contributed by atoms with Crippen molar-refractivity contribution in [3.8, 4) is 0 Å². The standard InChI is InChI=1S/C24H35N5O6/c1-3-14(2)20(23(33)29-11-7-10-18(29)24(34)35)28-22(32)17(12-15-8-5-4-6-9-15)27-21(31)16(25)13-19(26)30/h4-6,8-9,14,16-18,20H,3,7,10-13,25H2,1-2H3,(H2,26,30)(H,27,31)(H,28,32)(H,34,35). The minimum atomic E-state index is -1.23. The van der Waals surface area contributed by atoms with Gasteiger partial charge in [0.1, 0.15) is 18.1 Å². The van der Waals surface area contributed by atoms with E-state index in [1.165, 1.54) is 4.90 Å². The average molecular weight is 490 g/mol. The van der Waals surface area contributed by atoms with Crippen molar-refractivity contribution in [2.24, 2.45) is 17.4 Å². The van der Waals surface area contributed by atoms with Crippen molar-refractivity contribution in [3.63, 3.8) is 0 Å². The summed E-state index contributed by atoms with van der Waals surface area (Å²) in [6.07, 6.45) is 1.21. The first-order valence-electron chi connectivity index (χ1n) is 11.8. The first-order chi connectivity index (χ1) is 16.5. The van der Waals surface area contributed by atoms with Crippen LogP contribution in [0, 0.1) is 5.92 Å². The predicted octanol–water partition coefficient (Wildman–Crippen LogP) is -0.477. The largest absolute Gasteiger partial charge is 0.480 e. The molecule has 1 aromatic carbocycles. The number of carboxylic acids is 1. The third kappa shape index (κ3) is 7.78. The van der Waals surface area contributed by atoms with Gasteiger partial charge in [0.25, 0.3) is 0 Å². The summed E-state index contributed by atoms with van der Waals surface area (Å²) in [5, 5.41) is 14.8. The monoisotopic (exact) mass is 489 g/mol. The van der Waals surface area contributed by atoms with Crippen molar-refractivity contribution < 1.29 is 29.1 Å². The minimum Gasteiger partial charge on any atom is -0.480 e. The van der Waals surface area contributed by atoms with Crippen LogP contribution in [0.5, 0.6) is 0 Å². The third-order valence-corrected chi connectivity index (χ3v) is 6.27.